The van der Waals surface area contributed by atoms with E-state index in [4.69, 9.17) is 0 Å². The maximum absolute atomic E-state index is 9.24. The summed E-state index contributed by atoms with van der Waals surface area (Å²) in [7, 11) is -1.41. The minimum Gasteiger partial charge on any atom is -0.423 e. The Morgan fingerprint density at radius 1 is 1.06 bits per heavy atom. The number of hydrogen-bond acceptors (Lipinski definition) is 3. The van der Waals surface area contributed by atoms with Crippen LogP contribution in [0.4, 0.5) is 0 Å². The predicted molar refractivity (Wildman–Crippen MR) is 67.7 cm³/mol. The normalized spacial score (nSPS) is 9.94. The maximum atomic E-state index is 9.24. The molecule has 0 aromatic heterocycles. The minimum atomic E-state index is -1.41. The van der Waals surface area contributed by atoms with E-state index in [1.54, 1.807) is 6.07 Å². The summed E-state index contributed by atoms with van der Waals surface area (Å²) in [5.74, 6) is 0. The van der Waals surface area contributed by atoms with Crippen molar-refractivity contribution in [2.45, 2.75) is 4.90 Å². The van der Waals surface area contributed by atoms with Crippen molar-refractivity contribution in [2.75, 3.05) is 6.26 Å². The fourth-order valence-electron chi connectivity index (χ4n) is 1.69. The minimum absolute atomic E-state index is 0. The second-order valence-corrected chi connectivity index (χ2v) is 4.10. The van der Waals surface area contributed by atoms with Crippen LogP contribution in [0.3, 0.4) is 0 Å². The molecule has 2 N–H and O–H groups in total. The number of nitrogens with zero attached hydrogens (tertiary/aromatic N) is 1. The van der Waals surface area contributed by atoms with Gasteiger partial charge in [-0.3, -0.25) is 0 Å². The first kappa shape index (κ1) is 13.1. The van der Waals surface area contributed by atoms with E-state index in [2.05, 4.69) is 0 Å². The molecule has 0 saturated heterocycles. The molecule has 2 rings (SSSR count). The molecule has 0 amide bonds. The van der Waals surface area contributed by atoms with Crippen LogP contribution in [0, 0.1) is 0 Å². The van der Waals surface area contributed by atoms with E-state index in [1.165, 1.54) is 11.8 Å². The van der Waals surface area contributed by atoms with Crippen molar-refractivity contribution in [1.82, 2.24) is 6.15 Å². The van der Waals surface area contributed by atoms with Gasteiger partial charge in [-0.15, -0.1) is 11.8 Å². The van der Waals surface area contributed by atoms with E-state index < -0.39 is 7.12 Å². The molecular formula is C11H11BNO2S. The molecule has 0 fully saturated rings. The maximum Gasteiger partial charge on any atom is 0.489 e. The van der Waals surface area contributed by atoms with Gasteiger partial charge in [-0.25, -0.2) is 0 Å². The lowest BCUT2D eigenvalue weighted by molar-refractivity contribution is 0.425. The molecule has 0 aliphatic rings. The van der Waals surface area contributed by atoms with E-state index in [-0.39, 0.29) is 6.15 Å². The van der Waals surface area contributed by atoms with Gasteiger partial charge in [0.05, 0.1) is 0 Å². The van der Waals surface area contributed by atoms with Crippen molar-refractivity contribution in [3.8, 4) is 0 Å². The van der Waals surface area contributed by atoms with Crippen LogP contribution in [-0.2, 0) is 0 Å². The second kappa shape index (κ2) is 5.36. The van der Waals surface area contributed by atoms with Crippen molar-refractivity contribution in [1.29, 1.82) is 0 Å². The fourth-order valence-corrected chi connectivity index (χ4v) is 2.51. The summed E-state index contributed by atoms with van der Waals surface area (Å²) in [5.41, 5.74) is 0.571. The summed E-state index contributed by atoms with van der Waals surface area (Å²) in [6.07, 6.45) is 1.94. The zero-order valence-electron chi connectivity index (χ0n) is 8.79. The van der Waals surface area contributed by atoms with E-state index in [0.717, 1.165) is 15.7 Å². The second-order valence-electron chi connectivity index (χ2n) is 3.28. The molecule has 0 aliphatic carbocycles. The van der Waals surface area contributed by atoms with Gasteiger partial charge in [0.2, 0.25) is 0 Å². The average Bonchev–Trinajstić information content (AvgIpc) is 2.27. The monoisotopic (exact) mass is 232 g/mol. The summed E-state index contributed by atoms with van der Waals surface area (Å²) in [4.78, 5) is 0.933. The smallest absolute Gasteiger partial charge is 0.423 e. The lowest BCUT2D eigenvalue weighted by atomic mass is 9.79. The van der Waals surface area contributed by atoms with Crippen LogP contribution < -0.4 is 11.6 Å². The summed E-state index contributed by atoms with van der Waals surface area (Å²) >= 11 is 1.53. The summed E-state index contributed by atoms with van der Waals surface area (Å²) in [5, 5.41) is 20.7. The Labute approximate surface area is 99.2 Å². The van der Waals surface area contributed by atoms with Gasteiger partial charge in [-0.1, -0.05) is 36.4 Å². The molecule has 0 spiro atoms. The van der Waals surface area contributed by atoms with Crippen LogP contribution in [0.2, 0.25) is 0 Å². The first-order valence-electron chi connectivity index (χ1n) is 4.66. The largest absolute Gasteiger partial charge is 0.489 e. The molecule has 0 aliphatic heterocycles. The highest BCUT2D eigenvalue weighted by Gasteiger charge is 2.17. The molecule has 2 aromatic rings. The van der Waals surface area contributed by atoms with Crippen LogP contribution in [0.15, 0.2) is 41.3 Å². The molecule has 0 bridgehead atoms. The Balaban J connectivity index is 0.00000128. The quantitative estimate of drug-likeness (QED) is 0.593. The molecule has 3 radical (unpaired) electrons. The van der Waals surface area contributed by atoms with Crippen LogP contribution in [0.5, 0.6) is 0 Å². The van der Waals surface area contributed by atoms with Crippen molar-refractivity contribution in [3.63, 3.8) is 0 Å². The molecule has 3 nitrogen and oxygen atoms in total. The predicted octanol–water partition coefficient (Wildman–Crippen LogP) is 0.761. The summed E-state index contributed by atoms with van der Waals surface area (Å²) < 4.78 is 0. The highest BCUT2D eigenvalue weighted by molar-refractivity contribution is 7.99. The van der Waals surface area contributed by atoms with Crippen LogP contribution in [-0.4, -0.2) is 23.4 Å². The third-order valence-corrected chi connectivity index (χ3v) is 3.26. The van der Waals surface area contributed by atoms with E-state index in [0.29, 0.717) is 5.46 Å². The van der Waals surface area contributed by atoms with Crippen LogP contribution >= 0.6 is 11.8 Å². The third-order valence-electron chi connectivity index (χ3n) is 2.39. The molecule has 81 valence electrons. The zero-order valence-corrected chi connectivity index (χ0v) is 9.61. The van der Waals surface area contributed by atoms with E-state index in [1.807, 2.05) is 36.6 Å². The van der Waals surface area contributed by atoms with Gasteiger partial charge in [0, 0.05) is 11.0 Å². The van der Waals surface area contributed by atoms with Crippen molar-refractivity contribution in [3.05, 3.63) is 36.4 Å². The Hall–Kier alpha value is -1.01. The van der Waals surface area contributed by atoms with Gasteiger partial charge in [0.1, 0.15) is 0 Å². The molecule has 0 heterocycles. The van der Waals surface area contributed by atoms with Crippen molar-refractivity contribution in [2.24, 2.45) is 0 Å². The van der Waals surface area contributed by atoms with Crippen LogP contribution in [0.25, 0.3) is 10.8 Å². The van der Waals surface area contributed by atoms with Crippen molar-refractivity contribution >= 4 is 35.1 Å². The van der Waals surface area contributed by atoms with E-state index >= 15 is 0 Å². The fraction of sp³-hybridized carbons (Fsp3) is 0.0909. The number of thioether (sulfide) groups is 1. The molecular weight excluding hydrogens is 221 g/mol. The van der Waals surface area contributed by atoms with Gasteiger partial charge >= 0.3 is 7.12 Å². The van der Waals surface area contributed by atoms with E-state index in [9.17, 15) is 10.0 Å². The Morgan fingerprint density at radius 3 is 2.38 bits per heavy atom. The van der Waals surface area contributed by atoms with Crippen LogP contribution in [0.1, 0.15) is 0 Å². The molecule has 0 saturated carbocycles. The number of hydrogen-bond donors (Lipinski definition) is 2. The highest BCUT2D eigenvalue weighted by Crippen LogP contribution is 2.24. The number of benzene rings is 2. The lowest BCUT2D eigenvalue weighted by Crippen LogP contribution is -2.31. The first-order chi connectivity index (χ1) is 7.24. The van der Waals surface area contributed by atoms with Gasteiger partial charge in [-0.2, -0.15) is 0 Å². The standard InChI is InChI=1S/C11H11BO2S.N/c1-15-11-9-5-3-2-4-8(9)6-7-10(11)12(13)14;/h2-7,13-14H,1H3;. The summed E-state index contributed by atoms with van der Waals surface area (Å²) in [6, 6.07) is 11.6. The zero-order chi connectivity index (χ0) is 10.8. The Bertz CT molecular complexity index is 490. The Morgan fingerprint density at radius 2 is 1.75 bits per heavy atom. The van der Waals surface area contributed by atoms with Crippen molar-refractivity contribution < 1.29 is 10.0 Å². The Kier molecular flexibility index (Phi) is 4.38. The summed E-state index contributed by atoms with van der Waals surface area (Å²) in [6.45, 7) is 0. The molecule has 0 atom stereocenters. The highest BCUT2D eigenvalue weighted by atomic mass is 32.2. The molecule has 5 heteroatoms. The van der Waals surface area contributed by atoms with Gasteiger partial charge < -0.3 is 10.0 Å². The lowest BCUT2D eigenvalue weighted by Gasteiger charge is -2.09. The number of fused-ring (bicyclic) bond motifs is 1. The van der Waals surface area contributed by atoms with Gasteiger partial charge in [-0.05, 0) is 22.5 Å². The molecule has 16 heavy (non-hydrogen) atoms. The SMILES string of the molecule is CSc1c(B(O)O)ccc2ccccc12.[N]. The topological polar surface area (TPSA) is 71.0 Å². The molecule has 0 unspecified atom stereocenters. The first-order valence-corrected chi connectivity index (χ1v) is 5.88. The van der Waals surface area contributed by atoms with Gasteiger partial charge in [0.25, 0.3) is 0 Å². The average molecular weight is 232 g/mol. The molecule has 2 aromatic carbocycles. The van der Waals surface area contributed by atoms with Gasteiger partial charge in [0.15, 0.2) is 0 Å². The third kappa shape index (κ3) is 2.22. The number of rotatable bonds is 2.